The molecule has 0 radical (unpaired) electrons. The van der Waals surface area contributed by atoms with E-state index >= 15 is 0 Å². The Bertz CT molecular complexity index is 532. The van der Waals surface area contributed by atoms with Crippen LogP contribution in [-0.2, 0) is 6.42 Å². The summed E-state index contributed by atoms with van der Waals surface area (Å²) in [5.41, 5.74) is 2.75. The van der Waals surface area contributed by atoms with Crippen molar-refractivity contribution in [3.63, 3.8) is 0 Å². The molecule has 158 valence electrons. The van der Waals surface area contributed by atoms with E-state index in [1.54, 1.807) is 0 Å². The van der Waals surface area contributed by atoms with Gasteiger partial charge in [-0.15, -0.1) is 0 Å². The van der Waals surface area contributed by atoms with Crippen molar-refractivity contribution in [2.24, 2.45) is 23.7 Å². The summed E-state index contributed by atoms with van der Waals surface area (Å²) >= 11 is 0. The molecule has 1 aromatic heterocycles. The van der Waals surface area contributed by atoms with Crippen molar-refractivity contribution in [2.75, 3.05) is 0 Å². The first-order chi connectivity index (χ1) is 13.7. The molecule has 0 N–H and O–H groups in total. The third-order valence-electron chi connectivity index (χ3n) is 8.18. The van der Waals surface area contributed by atoms with Gasteiger partial charge in [-0.3, -0.25) is 4.98 Å². The van der Waals surface area contributed by atoms with Crippen LogP contribution in [-0.4, -0.2) is 4.98 Å². The van der Waals surface area contributed by atoms with Crippen LogP contribution in [0.1, 0.15) is 121 Å². The van der Waals surface area contributed by atoms with Crippen molar-refractivity contribution in [2.45, 2.75) is 117 Å². The highest BCUT2D eigenvalue weighted by Gasteiger charge is 2.32. The molecule has 2 fully saturated rings. The second-order valence-corrected chi connectivity index (χ2v) is 10.1. The van der Waals surface area contributed by atoms with Crippen molar-refractivity contribution >= 4 is 0 Å². The highest BCUT2D eigenvalue weighted by atomic mass is 14.7. The smallest absolute Gasteiger partial charge is 0.0434 e. The van der Waals surface area contributed by atoms with Crippen LogP contribution in [0.3, 0.4) is 0 Å². The SMILES string of the molecule is CCCCc1ccc(C(C)C2CCC(C3CCC(CCCC)CC3)CC2)nc1. The van der Waals surface area contributed by atoms with Gasteiger partial charge in [-0.25, -0.2) is 0 Å². The van der Waals surface area contributed by atoms with Gasteiger partial charge in [0, 0.05) is 17.8 Å². The molecule has 1 unspecified atom stereocenters. The van der Waals surface area contributed by atoms with E-state index in [1.165, 1.54) is 101 Å². The fraction of sp³-hybridized carbons (Fsp3) is 0.815. The predicted molar refractivity (Wildman–Crippen MR) is 122 cm³/mol. The lowest BCUT2D eigenvalue weighted by atomic mass is 9.67. The summed E-state index contributed by atoms with van der Waals surface area (Å²) < 4.78 is 0. The Balaban J connectivity index is 1.42. The Morgan fingerprint density at radius 3 is 2.07 bits per heavy atom. The molecule has 28 heavy (non-hydrogen) atoms. The predicted octanol–water partition coefficient (Wildman–Crippen LogP) is 8.33. The molecule has 1 nitrogen and oxygen atoms in total. The fourth-order valence-corrected chi connectivity index (χ4v) is 6.03. The summed E-state index contributed by atoms with van der Waals surface area (Å²) in [6.45, 7) is 7.03. The number of rotatable bonds is 9. The van der Waals surface area contributed by atoms with Gasteiger partial charge in [-0.05, 0) is 86.7 Å². The van der Waals surface area contributed by atoms with Gasteiger partial charge < -0.3 is 0 Å². The van der Waals surface area contributed by atoms with E-state index in [2.05, 4.69) is 39.1 Å². The zero-order valence-corrected chi connectivity index (χ0v) is 19.0. The van der Waals surface area contributed by atoms with Gasteiger partial charge in [0.05, 0.1) is 0 Å². The lowest BCUT2D eigenvalue weighted by molar-refractivity contribution is 0.136. The second kappa shape index (κ2) is 11.4. The number of nitrogens with zero attached hydrogens (tertiary/aromatic N) is 1. The van der Waals surface area contributed by atoms with Gasteiger partial charge in [0.1, 0.15) is 0 Å². The molecule has 3 rings (SSSR count). The number of pyridine rings is 1. The van der Waals surface area contributed by atoms with Crippen LogP contribution in [0.5, 0.6) is 0 Å². The first-order valence-corrected chi connectivity index (χ1v) is 12.7. The summed E-state index contributed by atoms with van der Waals surface area (Å²) in [6, 6.07) is 4.65. The van der Waals surface area contributed by atoms with Crippen molar-refractivity contribution in [1.82, 2.24) is 4.98 Å². The third-order valence-corrected chi connectivity index (χ3v) is 8.18. The summed E-state index contributed by atoms with van der Waals surface area (Å²) in [5, 5.41) is 0. The van der Waals surface area contributed by atoms with Crippen molar-refractivity contribution < 1.29 is 0 Å². The normalized spacial score (nSPS) is 29.5. The molecule has 0 bridgehead atoms. The standard InChI is InChI=1S/C27H45N/c1-4-6-8-22-10-13-25(14-11-22)26-17-15-24(16-18-26)21(3)27-19-12-23(20-28-27)9-7-5-2/h12,19-22,24-26H,4-11,13-18H2,1-3H3. The molecule has 0 spiro atoms. The highest BCUT2D eigenvalue weighted by molar-refractivity contribution is 5.17. The van der Waals surface area contributed by atoms with E-state index in [0.717, 1.165) is 23.7 Å². The lowest BCUT2D eigenvalue weighted by Crippen LogP contribution is -2.27. The van der Waals surface area contributed by atoms with Crippen molar-refractivity contribution in [3.05, 3.63) is 29.6 Å². The van der Waals surface area contributed by atoms with Crippen LogP contribution in [0, 0.1) is 23.7 Å². The minimum Gasteiger partial charge on any atom is -0.261 e. The Hall–Kier alpha value is -0.850. The van der Waals surface area contributed by atoms with Crippen LogP contribution >= 0.6 is 0 Å². The molecule has 1 heteroatoms. The van der Waals surface area contributed by atoms with Crippen LogP contribution < -0.4 is 0 Å². The minimum atomic E-state index is 0.631. The van der Waals surface area contributed by atoms with Gasteiger partial charge in [-0.2, -0.15) is 0 Å². The van der Waals surface area contributed by atoms with Gasteiger partial charge in [-0.1, -0.05) is 65.4 Å². The molecule has 0 saturated heterocycles. The number of hydrogen-bond donors (Lipinski definition) is 0. The monoisotopic (exact) mass is 383 g/mol. The lowest BCUT2D eigenvalue weighted by Gasteiger charge is -2.39. The summed E-state index contributed by atoms with van der Waals surface area (Å²) in [5.74, 6) is 4.61. The third kappa shape index (κ3) is 6.07. The molecule has 1 atom stereocenters. The maximum absolute atomic E-state index is 4.85. The summed E-state index contributed by atoms with van der Waals surface area (Å²) in [6.07, 6.45) is 22.1. The van der Waals surface area contributed by atoms with Gasteiger partial charge in [0.2, 0.25) is 0 Å². The molecule has 1 aromatic rings. The average Bonchev–Trinajstić information content (AvgIpc) is 2.76. The largest absolute Gasteiger partial charge is 0.261 e. The summed E-state index contributed by atoms with van der Waals surface area (Å²) in [7, 11) is 0. The molecule has 0 amide bonds. The first-order valence-electron chi connectivity index (χ1n) is 12.7. The molecule has 0 aromatic carbocycles. The average molecular weight is 384 g/mol. The fourth-order valence-electron chi connectivity index (χ4n) is 6.03. The van der Waals surface area contributed by atoms with Gasteiger partial charge in [0.25, 0.3) is 0 Å². The maximum atomic E-state index is 4.85. The molecule has 2 aliphatic carbocycles. The van der Waals surface area contributed by atoms with Crippen molar-refractivity contribution in [1.29, 1.82) is 0 Å². The Kier molecular flexibility index (Phi) is 8.87. The zero-order valence-electron chi connectivity index (χ0n) is 19.0. The zero-order chi connectivity index (χ0) is 19.8. The number of unbranched alkanes of at least 4 members (excludes halogenated alkanes) is 2. The molecule has 0 aliphatic heterocycles. The first kappa shape index (κ1) is 21.8. The molecule has 2 saturated carbocycles. The highest BCUT2D eigenvalue weighted by Crippen LogP contribution is 2.44. The van der Waals surface area contributed by atoms with E-state index in [4.69, 9.17) is 4.98 Å². The Morgan fingerprint density at radius 2 is 1.50 bits per heavy atom. The maximum Gasteiger partial charge on any atom is 0.0434 e. The quantitative estimate of drug-likeness (QED) is 0.417. The number of aryl methyl sites for hydroxylation is 1. The molecular weight excluding hydrogens is 338 g/mol. The van der Waals surface area contributed by atoms with Crippen LogP contribution in [0.25, 0.3) is 0 Å². The van der Waals surface area contributed by atoms with Crippen LogP contribution in [0.4, 0.5) is 0 Å². The minimum absolute atomic E-state index is 0.631. The Morgan fingerprint density at radius 1 is 0.857 bits per heavy atom. The second-order valence-electron chi connectivity index (χ2n) is 10.1. The van der Waals surface area contributed by atoms with Crippen molar-refractivity contribution in [3.8, 4) is 0 Å². The summed E-state index contributed by atoms with van der Waals surface area (Å²) in [4.78, 5) is 4.85. The van der Waals surface area contributed by atoms with E-state index in [0.29, 0.717) is 5.92 Å². The van der Waals surface area contributed by atoms with E-state index in [-0.39, 0.29) is 0 Å². The van der Waals surface area contributed by atoms with E-state index in [1.807, 2.05) is 0 Å². The van der Waals surface area contributed by atoms with Gasteiger partial charge >= 0.3 is 0 Å². The molecular formula is C27H45N. The molecule has 2 aliphatic rings. The van der Waals surface area contributed by atoms with E-state index < -0.39 is 0 Å². The topological polar surface area (TPSA) is 12.9 Å². The van der Waals surface area contributed by atoms with Crippen LogP contribution in [0.2, 0.25) is 0 Å². The van der Waals surface area contributed by atoms with E-state index in [9.17, 15) is 0 Å². The Labute approximate surface area is 175 Å². The van der Waals surface area contributed by atoms with Crippen LogP contribution in [0.15, 0.2) is 18.3 Å². The van der Waals surface area contributed by atoms with Gasteiger partial charge in [0.15, 0.2) is 0 Å². The number of hydrogen-bond acceptors (Lipinski definition) is 1. The molecule has 1 heterocycles. The number of aromatic nitrogens is 1.